The summed E-state index contributed by atoms with van der Waals surface area (Å²) in [7, 11) is 0. The molecule has 2 bridgehead atoms. The van der Waals surface area contributed by atoms with E-state index in [1.165, 1.54) is 12.1 Å². The first-order valence-electron chi connectivity index (χ1n) is 8.81. The maximum Gasteiger partial charge on any atom is 0.411 e. The number of nitro groups is 1. The quantitative estimate of drug-likeness (QED) is 0.636. The molecular formula is C19H22N2O6. The first-order valence-corrected chi connectivity index (χ1v) is 8.81. The van der Waals surface area contributed by atoms with Crippen molar-refractivity contribution in [2.75, 3.05) is 0 Å². The van der Waals surface area contributed by atoms with Crippen LogP contribution in [0, 0.1) is 10.1 Å². The molecule has 1 fully saturated rings. The summed E-state index contributed by atoms with van der Waals surface area (Å²) in [6.07, 6.45) is 3.54. The average molecular weight is 374 g/mol. The number of carboxylic acids is 1. The van der Waals surface area contributed by atoms with E-state index in [2.05, 4.69) is 0 Å². The van der Waals surface area contributed by atoms with Gasteiger partial charge in [-0.25, -0.2) is 9.59 Å². The van der Waals surface area contributed by atoms with Crippen molar-refractivity contribution >= 4 is 23.3 Å². The van der Waals surface area contributed by atoms with Crippen molar-refractivity contribution in [3.8, 4) is 0 Å². The predicted octanol–water partition coefficient (Wildman–Crippen LogP) is 3.85. The fraction of sp³-hybridized carbons (Fsp3) is 0.474. The number of carbonyl (C=O) groups is 2. The van der Waals surface area contributed by atoms with Crippen LogP contribution >= 0.6 is 0 Å². The van der Waals surface area contributed by atoms with Gasteiger partial charge < -0.3 is 9.84 Å². The van der Waals surface area contributed by atoms with Crippen molar-refractivity contribution in [1.82, 2.24) is 4.90 Å². The molecule has 1 N–H and O–H groups in total. The lowest BCUT2D eigenvalue weighted by Gasteiger charge is -2.35. The van der Waals surface area contributed by atoms with E-state index in [9.17, 15) is 19.7 Å². The Kier molecular flexibility index (Phi) is 4.67. The minimum atomic E-state index is -1.21. The van der Waals surface area contributed by atoms with Crippen LogP contribution in [-0.4, -0.2) is 44.7 Å². The summed E-state index contributed by atoms with van der Waals surface area (Å²) in [5, 5.41) is 20.5. The lowest BCUT2D eigenvalue weighted by atomic mass is 9.93. The van der Waals surface area contributed by atoms with Crippen LogP contribution in [0.2, 0.25) is 0 Å². The molecule has 2 aliphatic rings. The Morgan fingerprint density at radius 1 is 1.30 bits per heavy atom. The normalized spacial score (nSPS) is 21.6. The van der Waals surface area contributed by atoms with Crippen LogP contribution in [0.5, 0.6) is 0 Å². The Balaban J connectivity index is 1.93. The molecule has 2 aliphatic heterocycles. The molecule has 0 aromatic heterocycles. The molecular weight excluding hydrogens is 352 g/mol. The second kappa shape index (κ2) is 6.68. The molecule has 8 heteroatoms. The smallest absolute Gasteiger partial charge is 0.411 e. The lowest BCUT2D eigenvalue weighted by molar-refractivity contribution is -0.385. The van der Waals surface area contributed by atoms with E-state index in [4.69, 9.17) is 9.84 Å². The van der Waals surface area contributed by atoms with Crippen LogP contribution in [0.25, 0.3) is 5.57 Å². The SMILES string of the molecule is CC(C)(C)OC(=O)N1C2C=C(c3ccc(C(=O)O)cc3[N+](=O)[O-])CC1CC2. The molecule has 27 heavy (non-hydrogen) atoms. The first-order chi connectivity index (χ1) is 12.6. The highest BCUT2D eigenvalue weighted by molar-refractivity contribution is 5.90. The molecule has 1 aromatic carbocycles. The van der Waals surface area contributed by atoms with Gasteiger partial charge >= 0.3 is 12.1 Å². The van der Waals surface area contributed by atoms with E-state index in [1.807, 2.05) is 26.8 Å². The van der Waals surface area contributed by atoms with E-state index in [0.29, 0.717) is 12.0 Å². The molecule has 2 atom stereocenters. The zero-order valence-electron chi connectivity index (χ0n) is 15.5. The molecule has 0 aliphatic carbocycles. The van der Waals surface area contributed by atoms with Gasteiger partial charge in [-0.2, -0.15) is 0 Å². The molecule has 8 nitrogen and oxygen atoms in total. The van der Waals surface area contributed by atoms with Gasteiger partial charge in [0.25, 0.3) is 5.69 Å². The Labute approximate surface area is 156 Å². The van der Waals surface area contributed by atoms with Crippen LogP contribution in [-0.2, 0) is 4.74 Å². The number of aromatic carboxylic acids is 1. The minimum Gasteiger partial charge on any atom is -0.478 e. The number of nitrogens with zero attached hydrogens (tertiary/aromatic N) is 2. The topological polar surface area (TPSA) is 110 Å². The molecule has 1 amide bonds. The van der Waals surface area contributed by atoms with Crippen molar-refractivity contribution in [2.24, 2.45) is 0 Å². The van der Waals surface area contributed by atoms with E-state index < -0.39 is 16.5 Å². The van der Waals surface area contributed by atoms with Crippen LogP contribution < -0.4 is 0 Å². The summed E-state index contributed by atoms with van der Waals surface area (Å²) >= 11 is 0. The summed E-state index contributed by atoms with van der Waals surface area (Å²) in [6, 6.07) is 3.68. The molecule has 144 valence electrons. The molecule has 1 saturated heterocycles. The van der Waals surface area contributed by atoms with E-state index >= 15 is 0 Å². The van der Waals surface area contributed by atoms with Gasteiger partial charge in [0.2, 0.25) is 0 Å². The maximum atomic E-state index is 12.5. The third-order valence-corrected chi connectivity index (χ3v) is 4.79. The standard InChI is InChI=1S/C19H22N2O6/c1-19(2,3)27-18(24)20-13-5-6-14(20)9-12(8-13)15-7-4-11(17(22)23)10-16(15)21(25)26/h4,7-8,10,13-14H,5-6,9H2,1-3H3,(H,22,23). The zero-order chi connectivity index (χ0) is 19.9. The molecule has 1 aromatic rings. The highest BCUT2D eigenvalue weighted by atomic mass is 16.6. The van der Waals surface area contributed by atoms with Gasteiger partial charge in [-0.05, 0) is 57.7 Å². The minimum absolute atomic E-state index is 0.0800. The number of carboxylic acid groups (broad SMARTS) is 1. The number of benzene rings is 1. The van der Waals surface area contributed by atoms with E-state index in [0.717, 1.165) is 24.5 Å². The number of amides is 1. The van der Waals surface area contributed by atoms with Gasteiger partial charge in [-0.1, -0.05) is 6.08 Å². The van der Waals surface area contributed by atoms with Crippen LogP contribution in [0.4, 0.5) is 10.5 Å². The first kappa shape index (κ1) is 18.9. The van der Waals surface area contributed by atoms with Gasteiger partial charge in [0.05, 0.1) is 22.1 Å². The zero-order valence-corrected chi connectivity index (χ0v) is 15.5. The molecule has 3 rings (SSSR count). The highest BCUT2D eigenvalue weighted by Gasteiger charge is 2.42. The van der Waals surface area contributed by atoms with E-state index in [1.54, 1.807) is 4.90 Å². The molecule has 0 spiro atoms. The van der Waals surface area contributed by atoms with Gasteiger partial charge in [0, 0.05) is 12.1 Å². The van der Waals surface area contributed by atoms with Crippen molar-refractivity contribution in [2.45, 2.75) is 57.7 Å². The molecule has 2 unspecified atom stereocenters. The van der Waals surface area contributed by atoms with Gasteiger partial charge in [0.15, 0.2) is 0 Å². The van der Waals surface area contributed by atoms with Crippen molar-refractivity contribution in [3.63, 3.8) is 0 Å². The van der Waals surface area contributed by atoms with Gasteiger partial charge in [-0.3, -0.25) is 15.0 Å². The Hall–Kier alpha value is -2.90. The van der Waals surface area contributed by atoms with Gasteiger partial charge in [-0.15, -0.1) is 0 Å². The monoisotopic (exact) mass is 374 g/mol. The number of rotatable bonds is 3. The predicted molar refractivity (Wildman–Crippen MR) is 97.5 cm³/mol. The summed E-state index contributed by atoms with van der Waals surface area (Å²) < 4.78 is 5.49. The second-order valence-electron chi connectivity index (χ2n) is 7.88. The largest absolute Gasteiger partial charge is 0.478 e. The van der Waals surface area contributed by atoms with Crippen molar-refractivity contribution in [1.29, 1.82) is 0 Å². The fourth-order valence-electron chi connectivity index (χ4n) is 3.72. The number of carbonyl (C=O) groups excluding carboxylic acids is 1. The summed E-state index contributed by atoms with van der Waals surface area (Å²) in [6.45, 7) is 5.43. The van der Waals surface area contributed by atoms with Crippen LogP contribution in [0.15, 0.2) is 24.3 Å². The molecule has 0 radical (unpaired) electrons. The number of hydrogen-bond donors (Lipinski definition) is 1. The Morgan fingerprint density at radius 2 is 2.00 bits per heavy atom. The van der Waals surface area contributed by atoms with Crippen LogP contribution in [0.3, 0.4) is 0 Å². The number of ether oxygens (including phenoxy) is 1. The second-order valence-corrected chi connectivity index (χ2v) is 7.88. The molecule has 0 saturated carbocycles. The maximum absolute atomic E-state index is 12.5. The summed E-state index contributed by atoms with van der Waals surface area (Å²) in [4.78, 5) is 36.2. The molecule has 2 heterocycles. The fourth-order valence-corrected chi connectivity index (χ4v) is 3.72. The lowest BCUT2D eigenvalue weighted by Crippen LogP contribution is -2.45. The van der Waals surface area contributed by atoms with Crippen LogP contribution in [0.1, 0.15) is 56.0 Å². The highest BCUT2D eigenvalue weighted by Crippen LogP contribution is 2.41. The third kappa shape index (κ3) is 3.79. The third-order valence-electron chi connectivity index (χ3n) is 4.79. The Morgan fingerprint density at radius 3 is 2.56 bits per heavy atom. The van der Waals surface area contributed by atoms with Gasteiger partial charge in [0.1, 0.15) is 5.60 Å². The number of nitro benzene ring substituents is 1. The summed E-state index contributed by atoms with van der Waals surface area (Å²) in [5.41, 5.74) is 0.231. The number of fused-ring (bicyclic) bond motifs is 2. The summed E-state index contributed by atoms with van der Waals surface area (Å²) in [5.74, 6) is -1.21. The Bertz CT molecular complexity index is 839. The van der Waals surface area contributed by atoms with Crippen molar-refractivity contribution < 1.29 is 24.4 Å². The van der Waals surface area contributed by atoms with E-state index in [-0.39, 0.29) is 29.4 Å². The average Bonchev–Trinajstić information content (AvgIpc) is 2.83. The number of hydrogen-bond acceptors (Lipinski definition) is 5. The van der Waals surface area contributed by atoms with Crippen molar-refractivity contribution in [3.05, 3.63) is 45.5 Å².